The van der Waals surface area contributed by atoms with Crippen LogP contribution in [0, 0.1) is 0 Å². The van der Waals surface area contributed by atoms with Crippen LogP contribution in [0.3, 0.4) is 0 Å². The topological polar surface area (TPSA) is 64.1 Å². The maximum Gasteiger partial charge on any atom is 0.191 e. The molecule has 1 heterocycles. The zero-order valence-electron chi connectivity index (χ0n) is 16.1. The third-order valence-electron chi connectivity index (χ3n) is 4.03. The highest BCUT2D eigenvalue weighted by atomic mass is 127. The Morgan fingerprint density at radius 3 is 2.89 bits per heavy atom. The van der Waals surface area contributed by atoms with Crippen molar-refractivity contribution in [3.05, 3.63) is 29.3 Å². The molecular weight excluding hydrogens is 481 g/mol. The van der Waals surface area contributed by atoms with Crippen LogP contribution in [-0.2, 0) is 9.47 Å². The summed E-state index contributed by atoms with van der Waals surface area (Å²) >= 11 is 6.11. The number of aliphatic imine (C=N–C) groups is 1. The summed E-state index contributed by atoms with van der Waals surface area (Å²) in [5.74, 6) is 1.44. The van der Waals surface area contributed by atoms with Crippen LogP contribution in [-0.4, -0.2) is 58.1 Å². The first-order valence-electron chi connectivity index (χ1n) is 9.24. The van der Waals surface area contributed by atoms with Crippen molar-refractivity contribution < 1.29 is 14.2 Å². The van der Waals surface area contributed by atoms with E-state index < -0.39 is 0 Å². The van der Waals surface area contributed by atoms with Gasteiger partial charge in [0.25, 0.3) is 0 Å². The molecule has 0 amide bonds. The van der Waals surface area contributed by atoms with Gasteiger partial charge in [0.2, 0.25) is 0 Å². The van der Waals surface area contributed by atoms with Crippen LogP contribution >= 0.6 is 35.6 Å². The third kappa shape index (κ3) is 9.82. The molecule has 0 saturated carbocycles. The second kappa shape index (κ2) is 14.3. The van der Waals surface area contributed by atoms with E-state index in [9.17, 15) is 0 Å². The zero-order chi connectivity index (χ0) is 18.6. The lowest BCUT2D eigenvalue weighted by Crippen LogP contribution is -2.42. The number of guanidine groups is 1. The van der Waals surface area contributed by atoms with Gasteiger partial charge in [-0.25, -0.2) is 0 Å². The molecule has 2 N–H and O–H groups in total. The molecular formula is C19H31ClIN3O3. The van der Waals surface area contributed by atoms with Crippen LogP contribution in [0.15, 0.2) is 29.3 Å². The van der Waals surface area contributed by atoms with Gasteiger partial charge in [0.05, 0.1) is 24.3 Å². The highest BCUT2D eigenvalue weighted by Crippen LogP contribution is 2.23. The van der Waals surface area contributed by atoms with Crippen LogP contribution in [0.2, 0.25) is 5.02 Å². The van der Waals surface area contributed by atoms with Gasteiger partial charge in [0.15, 0.2) is 5.96 Å². The van der Waals surface area contributed by atoms with Gasteiger partial charge in [-0.1, -0.05) is 23.7 Å². The number of nitrogens with one attached hydrogen (secondary N) is 2. The molecule has 2 unspecified atom stereocenters. The minimum Gasteiger partial charge on any atom is -0.487 e. The third-order valence-corrected chi connectivity index (χ3v) is 4.34. The first-order valence-corrected chi connectivity index (χ1v) is 9.62. The van der Waals surface area contributed by atoms with Crippen molar-refractivity contribution in [3.8, 4) is 5.75 Å². The molecule has 2 atom stereocenters. The van der Waals surface area contributed by atoms with Crippen molar-refractivity contribution in [1.29, 1.82) is 0 Å². The van der Waals surface area contributed by atoms with Gasteiger partial charge >= 0.3 is 0 Å². The lowest BCUT2D eigenvalue weighted by Gasteiger charge is -2.18. The number of hydrogen-bond donors (Lipinski definition) is 2. The maximum atomic E-state index is 6.11. The van der Waals surface area contributed by atoms with E-state index in [1.54, 1.807) is 7.05 Å². The molecule has 0 aliphatic carbocycles. The van der Waals surface area contributed by atoms with Crippen molar-refractivity contribution in [2.24, 2.45) is 4.99 Å². The molecule has 0 radical (unpaired) electrons. The normalized spacial score (nSPS) is 17.9. The highest BCUT2D eigenvalue weighted by molar-refractivity contribution is 14.0. The summed E-state index contributed by atoms with van der Waals surface area (Å²) in [4.78, 5) is 4.22. The number of halogens is 2. The Morgan fingerprint density at radius 1 is 1.37 bits per heavy atom. The summed E-state index contributed by atoms with van der Waals surface area (Å²) in [5.41, 5.74) is 0. The predicted octanol–water partition coefficient (Wildman–Crippen LogP) is 3.48. The van der Waals surface area contributed by atoms with Crippen LogP contribution in [0.1, 0.15) is 26.2 Å². The average molecular weight is 512 g/mol. The summed E-state index contributed by atoms with van der Waals surface area (Å²) < 4.78 is 17.0. The van der Waals surface area contributed by atoms with Gasteiger partial charge in [-0.15, -0.1) is 24.0 Å². The Labute approximate surface area is 184 Å². The molecule has 0 aromatic heterocycles. The van der Waals surface area contributed by atoms with E-state index in [0.717, 1.165) is 45.0 Å². The molecule has 1 saturated heterocycles. The van der Waals surface area contributed by atoms with Crippen molar-refractivity contribution >= 4 is 41.5 Å². The molecule has 1 fully saturated rings. The lowest BCUT2D eigenvalue weighted by atomic mass is 10.2. The largest absolute Gasteiger partial charge is 0.487 e. The van der Waals surface area contributed by atoms with E-state index in [0.29, 0.717) is 23.9 Å². The van der Waals surface area contributed by atoms with Crippen molar-refractivity contribution in [2.45, 2.75) is 38.4 Å². The Morgan fingerprint density at radius 2 is 2.19 bits per heavy atom. The summed E-state index contributed by atoms with van der Waals surface area (Å²) in [6.07, 6.45) is 3.43. The van der Waals surface area contributed by atoms with Gasteiger partial charge in [-0.05, 0) is 38.3 Å². The van der Waals surface area contributed by atoms with E-state index in [-0.39, 0.29) is 36.2 Å². The molecule has 0 bridgehead atoms. The second-order valence-electron chi connectivity index (χ2n) is 6.30. The standard InChI is InChI=1S/C19H30ClN3O3.HI/c1-15(26-18-9-4-3-8-17(18)20)13-23-19(21-2)22-10-6-11-24-14-16-7-5-12-25-16;/h3-4,8-9,15-16H,5-7,10-14H2,1-2H3,(H2,21,22,23);1H. The summed E-state index contributed by atoms with van der Waals surface area (Å²) in [7, 11) is 1.75. The van der Waals surface area contributed by atoms with Crippen molar-refractivity contribution in [2.75, 3.05) is 40.0 Å². The maximum absolute atomic E-state index is 6.11. The van der Waals surface area contributed by atoms with E-state index in [4.69, 9.17) is 25.8 Å². The predicted molar refractivity (Wildman–Crippen MR) is 121 cm³/mol. The first-order chi connectivity index (χ1) is 12.7. The van der Waals surface area contributed by atoms with Crippen LogP contribution in [0.4, 0.5) is 0 Å². The summed E-state index contributed by atoms with van der Waals surface area (Å²) in [6, 6.07) is 7.47. The fourth-order valence-corrected chi connectivity index (χ4v) is 2.81. The smallest absolute Gasteiger partial charge is 0.191 e. The summed E-state index contributed by atoms with van der Waals surface area (Å²) in [6.45, 7) is 5.70. The van der Waals surface area contributed by atoms with Crippen molar-refractivity contribution in [1.82, 2.24) is 10.6 Å². The fraction of sp³-hybridized carbons (Fsp3) is 0.632. The minimum atomic E-state index is -0.0387. The number of nitrogens with zero attached hydrogens (tertiary/aromatic N) is 1. The quantitative estimate of drug-likeness (QED) is 0.218. The Kier molecular flexibility index (Phi) is 12.8. The van der Waals surface area contributed by atoms with Gasteiger partial charge in [0.1, 0.15) is 11.9 Å². The molecule has 154 valence electrons. The molecule has 0 spiro atoms. The molecule has 1 aromatic carbocycles. The number of hydrogen-bond acceptors (Lipinski definition) is 4. The van der Waals surface area contributed by atoms with Gasteiger partial charge < -0.3 is 24.8 Å². The molecule has 6 nitrogen and oxygen atoms in total. The Hall–Kier alpha value is -0.770. The molecule has 8 heteroatoms. The number of ether oxygens (including phenoxy) is 3. The van der Waals surface area contributed by atoms with Gasteiger partial charge in [0, 0.05) is 26.8 Å². The molecule has 1 aliphatic rings. The van der Waals surface area contributed by atoms with Crippen LogP contribution in [0.25, 0.3) is 0 Å². The number of para-hydroxylation sites is 1. The van der Waals surface area contributed by atoms with E-state index in [2.05, 4.69) is 15.6 Å². The average Bonchev–Trinajstić information content (AvgIpc) is 3.16. The molecule has 2 rings (SSSR count). The Bertz CT molecular complexity index is 557. The van der Waals surface area contributed by atoms with Crippen LogP contribution in [0.5, 0.6) is 5.75 Å². The minimum absolute atomic E-state index is 0. The van der Waals surface area contributed by atoms with E-state index in [1.165, 1.54) is 0 Å². The summed E-state index contributed by atoms with van der Waals surface area (Å²) in [5, 5.41) is 7.14. The Balaban J connectivity index is 0.00000364. The molecule has 1 aliphatic heterocycles. The fourth-order valence-electron chi connectivity index (χ4n) is 2.63. The monoisotopic (exact) mass is 511 g/mol. The SMILES string of the molecule is CN=C(NCCCOCC1CCCO1)NCC(C)Oc1ccccc1Cl.I. The molecule has 1 aromatic rings. The van der Waals surface area contributed by atoms with Crippen molar-refractivity contribution in [3.63, 3.8) is 0 Å². The molecule has 27 heavy (non-hydrogen) atoms. The van der Waals surface area contributed by atoms with E-state index in [1.807, 2.05) is 31.2 Å². The number of rotatable bonds is 10. The second-order valence-corrected chi connectivity index (χ2v) is 6.71. The van der Waals surface area contributed by atoms with Gasteiger partial charge in [-0.2, -0.15) is 0 Å². The highest BCUT2D eigenvalue weighted by Gasteiger charge is 2.14. The van der Waals surface area contributed by atoms with E-state index >= 15 is 0 Å². The van der Waals surface area contributed by atoms with Crippen LogP contribution < -0.4 is 15.4 Å². The lowest BCUT2D eigenvalue weighted by molar-refractivity contribution is 0.0168. The number of benzene rings is 1. The zero-order valence-corrected chi connectivity index (χ0v) is 19.2. The van der Waals surface area contributed by atoms with Gasteiger partial charge in [-0.3, -0.25) is 4.99 Å². The first kappa shape index (κ1) is 24.3.